The summed E-state index contributed by atoms with van der Waals surface area (Å²) in [5.74, 6) is 4.05. The molecule has 1 aromatic rings. The van der Waals surface area contributed by atoms with Gasteiger partial charge in [-0.25, -0.2) is 0 Å². The topological polar surface area (TPSA) is 26.3 Å². The minimum absolute atomic E-state index is 0.0890. The standard InChI is InChI=1S/C27H38O2/c1-18(28)29-25-12-11-23-22-10-9-21-17-20(19-7-5-4-6-8-19)13-15-26(21,2)24(22)14-16-27(23,25)3/h4-8,20-25H,9-17H2,1-3H3/t20-,21-,22-,23+,24+,25-,26-,27-/m0/s1. The van der Waals surface area contributed by atoms with Gasteiger partial charge in [-0.05, 0) is 98.4 Å². The Labute approximate surface area is 176 Å². The molecule has 0 bridgehead atoms. The molecule has 158 valence electrons. The molecular formula is C27H38O2. The molecular weight excluding hydrogens is 356 g/mol. The van der Waals surface area contributed by atoms with Crippen molar-refractivity contribution in [2.45, 2.75) is 90.6 Å². The van der Waals surface area contributed by atoms with E-state index < -0.39 is 0 Å². The minimum atomic E-state index is -0.0890. The molecule has 0 aliphatic heterocycles. The second kappa shape index (κ2) is 7.13. The first-order valence-corrected chi connectivity index (χ1v) is 12.1. The fourth-order valence-electron chi connectivity index (χ4n) is 8.63. The van der Waals surface area contributed by atoms with Crippen LogP contribution in [0.25, 0.3) is 0 Å². The zero-order chi connectivity index (χ0) is 20.2. The van der Waals surface area contributed by atoms with Crippen molar-refractivity contribution >= 4 is 5.97 Å². The molecule has 0 heterocycles. The molecule has 0 amide bonds. The number of hydrogen-bond acceptors (Lipinski definition) is 2. The Morgan fingerprint density at radius 2 is 1.62 bits per heavy atom. The predicted molar refractivity (Wildman–Crippen MR) is 116 cm³/mol. The van der Waals surface area contributed by atoms with Gasteiger partial charge in [-0.2, -0.15) is 0 Å². The number of carbonyl (C=O) groups excluding carboxylic acids is 1. The van der Waals surface area contributed by atoms with Gasteiger partial charge in [0.05, 0.1) is 0 Å². The maximum atomic E-state index is 11.7. The Morgan fingerprint density at radius 3 is 2.38 bits per heavy atom. The van der Waals surface area contributed by atoms with Crippen LogP contribution in [0.1, 0.15) is 90.0 Å². The van der Waals surface area contributed by atoms with Gasteiger partial charge in [0.1, 0.15) is 6.10 Å². The Hall–Kier alpha value is -1.31. The van der Waals surface area contributed by atoms with Crippen LogP contribution >= 0.6 is 0 Å². The molecule has 5 rings (SSSR count). The smallest absolute Gasteiger partial charge is 0.302 e. The van der Waals surface area contributed by atoms with Gasteiger partial charge in [-0.1, -0.05) is 44.2 Å². The van der Waals surface area contributed by atoms with E-state index in [1.54, 1.807) is 12.5 Å². The van der Waals surface area contributed by atoms with Crippen LogP contribution in [0.5, 0.6) is 0 Å². The summed E-state index contributed by atoms with van der Waals surface area (Å²) in [6, 6.07) is 11.3. The van der Waals surface area contributed by atoms with Gasteiger partial charge in [0.15, 0.2) is 0 Å². The largest absolute Gasteiger partial charge is 0.462 e. The molecule has 29 heavy (non-hydrogen) atoms. The fourth-order valence-corrected chi connectivity index (χ4v) is 8.63. The summed E-state index contributed by atoms with van der Waals surface area (Å²) in [6.07, 6.45) is 12.1. The van der Waals surface area contributed by atoms with Crippen LogP contribution in [-0.2, 0) is 9.53 Å². The highest BCUT2D eigenvalue weighted by molar-refractivity contribution is 5.66. The van der Waals surface area contributed by atoms with E-state index in [-0.39, 0.29) is 17.5 Å². The van der Waals surface area contributed by atoms with Crippen LogP contribution in [-0.4, -0.2) is 12.1 Å². The minimum Gasteiger partial charge on any atom is -0.462 e. The highest BCUT2D eigenvalue weighted by atomic mass is 16.5. The Bertz CT molecular complexity index is 757. The summed E-state index contributed by atoms with van der Waals surface area (Å²) < 4.78 is 5.82. The zero-order valence-electron chi connectivity index (χ0n) is 18.5. The van der Waals surface area contributed by atoms with E-state index in [9.17, 15) is 4.79 Å². The van der Waals surface area contributed by atoms with Gasteiger partial charge in [0, 0.05) is 12.3 Å². The molecule has 4 aliphatic carbocycles. The summed E-state index contributed by atoms with van der Waals surface area (Å²) in [5, 5.41) is 0. The molecule has 0 radical (unpaired) electrons. The van der Waals surface area contributed by atoms with Gasteiger partial charge < -0.3 is 4.74 Å². The SMILES string of the molecule is CC(=O)O[C@H]1CC[C@@H]2[C@@H]3CC[C@H]4C[C@@H](c5ccccc5)CC[C@]4(C)[C@@H]3CC[C@]12C. The highest BCUT2D eigenvalue weighted by Gasteiger charge is 2.61. The van der Waals surface area contributed by atoms with Crippen molar-refractivity contribution in [2.75, 3.05) is 0 Å². The summed E-state index contributed by atoms with van der Waals surface area (Å²) in [6.45, 7) is 6.67. The molecule has 4 aliphatic rings. The molecule has 2 nitrogen and oxygen atoms in total. The Morgan fingerprint density at radius 1 is 0.897 bits per heavy atom. The third-order valence-corrected chi connectivity index (χ3v) is 10.2. The summed E-state index contributed by atoms with van der Waals surface area (Å²) >= 11 is 0. The van der Waals surface area contributed by atoms with Gasteiger partial charge in [-0.3, -0.25) is 4.79 Å². The predicted octanol–water partition coefficient (Wildman–Crippen LogP) is 6.74. The van der Waals surface area contributed by atoms with E-state index in [1.807, 2.05) is 0 Å². The number of fused-ring (bicyclic) bond motifs is 5. The first-order valence-electron chi connectivity index (χ1n) is 12.1. The van der Waals surface area contributed by atoms with Crippen molar-refractivity contribution in [2.24, 2.45) is 34.5 Å². The van der Waals surface area contributed by atoms with Crippen molar-refractivity contribution in [1.82, 2.24) is 0 Å². The molecule has 0 N–H and O–H groups in total. The first-order chi connectivity index (χ1) is 13.9. The molecule has 1 aromatic carbocycles. The van der Waals surface area contributed by atoms with E-state index in [0.717, 1.165) is 36.0 Å². The maximum absolute atomic E-state index is 11.7. The summed E-state index contributed by atoms with van der Waals surface area (Å²) in [5.41, 5.74) is 2.31. The van der Waals surface area contributed by atoms with Crippen LogP contribution in [0.2, 0.25) is 0 Å². The molecule has 0 saturated heterocycles. The number of esters is 1. The maximum Gasteiger partial charge on any atom is 0.302 e. The lowest BCUT2D eigenvalue weighted by Gasteiger charge is -2.61. The van der Waals surface area contributed by atoms with Gasteiger partial charge in [0.25, 0.3) is 0 Å². The lowest BCUT2D eigenvalue weighted by atomic mass is 9.44. The summed E-state index contributed by atoms with van der Waals surface area (Å²) in [7, 11) is 0. The van der Waals surface area contributed by atoms with E-state index in [0.29, 0.717) is 5.41 Å². The van der Waals surface area contributed by atoms with E-state index >= 15 is 0 Å². The second-order valence-corrected chi connectivity index (χ2v) is 11.3. The average Bonchev–Trinajstić information content (AvgIpc) is 3.04. The molecule has 0 spiro atoms. The molecule has 4 fully saturated rings. The van der Waals surface area contributed by atoms with Crippen LogP contribution in [0.3, 0.4) is 0 Å². The van der Waals surface area contributed by atoms with Crippen LogP contribution in [0.15, 0.2) is 30.3 Å². The highest BCUT2D eigenvalue weighted by Crippen LogP contribution is 2.67. The third-order valence-electron chi connectivity index (χ3n) is 10.2. The number of benzene rings is 1. The number of ether oxygens (including phenoxy) is 1. The molecule has 0 aromatic heterocycles. The normalized spacial score (nSPS) is 46.3. The Kier molecular flexibility index (Phi) is 4.83. The van der Waals surface area contributed by atoms with Gasteiger partial charge >= 0.3 is 5.97 Å². The average molecular weight is 395 g/mol. The van der Waals surface area contributed by atoms with Crippen molar-refractivity contribution in [3.8, 4) is 0 Å². The fraction of sp³-hybridized carbons (Fsp3) is 0.741. The van der Waals surface area contributed by atoms with Crippen molar-refractivity contribution < 1.29 is 9.53 Å². The lowest BCUT2D eigenvalue weighted by molar-refractivity contribution is -0.161. The van der Waals surface area contributed by atoms with E-state index in [2.05, 4.69) is 44.2 Å². The molecule has 0 unspecified atom stereocenters. The third kappa shape index (κ3) is 3.08. The van der Waals surface area contributed by atoms with E-state index in [4.69, 9.17) is 4.74 Å². The molecule has 4 saturated carbocycles. The number of rotatable bonds is 2. The Balaban J connectivity index is 1.35. The van der Waals surface area contributed by atoms with Crippen molar-refractivity contribution in [1.29, 1.82) is 0 Å². The van der Waals surface area contributed by atoms with Gasteiger partial charge in [0.2, 0.25) is 0 Å². The van der Waals surface area contributed by atoms with E-state index in [1.165, 1.54) is 51.4 Å². The molecule has 8 atom stereocenters. The first kappa shape index (κ1) is 19.6. The van der Waals surface area contributed by atoms with Crippen molar-refractivity contribution in [3.63, 3.8) is 0 Å². The number of hydrogen-bond donors (Lipinski definition) is 0. The quantitative estimate of drug-likeness (QED) is 0.519. The lowest BCUT2D eigenvalue weighted by Crippen LogP contribution is -2.54. The van der Waals surface area contributed by atoms with Crippen molar-refractivity contribution in [3.05, 3.63) is 35.9 Å². The zero-order valence-corrected chi connectivity index (χ0v) is 18.5. The second-order valence-electron chi connectivity index (χ2n) is 11.3. The number of carbonyl (C=O) groups is 1. The van der Waals surface area contributed by atoms with Crippen LogP contribution in [0, 0.1) is 34.5 Å². The molecule has 2 heteroatoms. The monoisotopic (exact) mass is 394 g/mol. The summed E-state index contributed by atoms with van der Waals surface area (Å²) in [4.78, 5) is 11.7. The van der Waals surface area contributed by atoms with Gasteiger partial charge in [-0.15, -0.1) is 0 Å². The van der Waals surface area contributed by atoms with Crippen LogP contribution < -0.4 is 0 Å². The van der Waals surface area contributed by atoms with Crippen LogP contribution in [0.4, 0.5) is 0 Å².